The molecule has 0 aromatic carbocycles. The van der Waals surface area contributed by atoms with Crippen molar-refractivity contribution in [3.8, 4) is 0 Å². The van der Waals surface area contributed by atoms with E-state index >= 15 is 0 Å². The van der Waals surface area contributed by atoms with Gasteiger partial charge in [0.15, 0.2) is 0 Å². The number of fused-ring (bicyclic) bond motifs is 1. The summed E-state index contributed by atoms with van der Waals surface area (Å²) in [6.45, 7) is 6.02. The molecular weight excluding hydrogens is 258 g/mol. The third-order valence-electron chi connectivity index (χ3n) is 3.95. The number of aromatic nitrogens is 1. The van der Waals surface area contributed by atoms with Crippen LogP contribution in [0.2, 0.25) is 0 Å². The SMILES string of the molecule is CC1CN(C(=O)c2sc3cccnc3c2N)CC1C. The highest BCUT2D eigenvalue weighted by Crippen LogP contribution is 2.34. The molecular formula is C14H17N3OS. The van der Waals surface area contributed by atoms with Gasteiger partial charge in [-0.3, -0.25) is 9.78 Å². The summed E-state index contributed by atoms with van der Waals surface area (Å²) in [6.07, 6.45) is 1.71. The smallest absolute Gasteiger partial charge is 0.266 e. The third-order valence-corrected chi connectivity index (χ3v) is 5.10. The van der Waals surface area contributed by atoms with Crippen LogP contribution < -0.4 is 5.73 Å². The second-order valence-corrected chi connectivity index (χ2v) is 6.41. The molecule has 1 saturated heterocycles. The van der Waals surface area contributed by atoms with Crippen LogP contribution in [-0.4, -0.2) is 28.9 Å². The molecule has 0 saturated carbocycles. The van der Waals surface area contributed by atoms with E-state index in [0.29, 0.717) is 22.4 Å². The van der Waals surface area contributed by atoms with Gasteiger partial charge in [-0.2, -0.15) is 0 Å². The summed E-state index contributed by atoms with van der Waals surface area (Å²) in [7, 11) is 0. The van der Waals surface area contributed by atoms with Crippen molar-refractivity contribution in [1.82, 2.24) is 9.88 Å². The Hall–Kier alpha value is -1.62. The maximum absolute atomic E-state index is 12.6. The van der Waals surface area contributed by atoms with Gasteiger partial charge in [-0.1, -0.05) is 13.8 Å². The highest BCUT2D eigenvalue weighted by Gasteiger charge is 2.31. The molecule has 1 aliphatic heterocycles. The molecule has 0 bridgehead atoms. The molecule has 100 valence electrons. The van der Waals surface area contributed by atoms with Gasteiger partial charge in [-0.15, -0.1) is 11.3 Å². The Labute approximate surface area is 116 Å². The van der Waals surface area contributed by atoms with Crippen LogP contribution in [0.4, 0.5) is 5.69 Å². The van der Waals surface area contributed by atoms with Gasteiger partial charge in [-0.25, -0.2) is 0 Å². The predicted octanol–water partition coefficient (Wildman–Crippen LogP) is 2.61. The van der Waals surface area contributed by atoms with E-state index in [-0.39, 0.29) is 5.91 Å². The van der Waals surface area contributed by atoms with Crippen LogP contribution in [0.15, 0.2) is 18.3 Å². The number of nitrogens with zero attached hydrogens (tertiary/aromatic N) is 2. The van der Waals surface area contributed by atoms with E-state index < -0.39 is 0 Å². The van der Waals surface area contributed by atoms with Crippen LogP contribution >= 0.6 is 11.3 Å². The molecule has 2 unspecified atom stereocenters. The van der Waals surface area contributed by atoms with Crippen molar-refractivity contribution < 1.29 is 4.79 Å². The molecule has 2 N–H and O–H groups in total. The van der Waals surface area contributed by atoms with E-state index in [9.17, 15) is 4.79 Å². The fourth-order valence-corrected chi connectivity index (χ4v) is 3.59. The molecule has 3 heterocycles. The van der Waals surface area contributed by atoms with E-state index in [1.54, 1.807) is 6.20 Å². The number of carbonyl (C=O) groups excluding carboxylic acids is 1. The molecule has 19 heavy (non-hydrogen) atoms. The number of pyridine rings is 1. The fraction of sp³-hybridized carbons (Fsp3) is 0.429. The van der Waals surface area contributed by atoms with Gasteiger partial charge in [0.25, 0.3) is 5.91 Å². The molecule has 0 spiro atoms. The number of rotatable bonds is 1. The van der Waals surface area contributed by atoms with E-state index in [1.165, 1.54) is 11.3 Å². The Morgan fingerprint density at radius 3 is 2.74 bits per heavy atom. The zero-order valence-corrected chi connectivity index (χ0v) is 11.9. The molecule has 5 heteroatoms. The van der Waals surface area contributed by atoms with Crippen molar-refractivity contribution >= 4 is 33.1 Å². The van der Waals surface area contributed by atoms with Crippen LogP contribution in [0.1, 0.15) is 23.5 Å². The standard InChI is InChI=1S/C14H17N3OS/c1-8-6-17(7-9(8)2)14(18)13-11(15)12-10(19-13)4-3-5-16-12/h3-5,8-9H,6-7,15H2,1-2H3. The topological polar surface area (TPSA) is 59.2 Å². The van der Waals surface area contributed by atoms with E-state index in [0.717, 1.165) is 23.3 Å². The molecule has 4 nitrogen and oxygen atoms in total. The maximum Gasteiger partial charge on any atom is 0.266 e. The Bertz CT molecular complexity index is 627. The van der Waals surface area contributed by atoms with Gasteiger partial charge in [0, 0.05) is 19.3 Å². The van der Waals surface area contributed by atoms with Crippen LogP contribution in [0.3, 0.4) is 0 Å². The fourth-order valence-electron chi connectivity index (χ4n) is 2.55. The number of hydrogen-bond donors (Lipinski definition) is 1. The lowest BCUT2D eigenvalue weighted by Crippen LogP contribution is -2.28. The first-order valence-electron chi connectivity index (χ1n) is 6.50. The first kappa shape index (κ1) is 12.4. The number of amides is 1. The Morgan fingerprint density at radius 1 is 1.42 bits per heavy atom. The van der Waals surface area contributed by atoms with Gasteiger partial charge in [0.1, 0.15) is 10.4 Å². The quantitative estimate of drug-likeness (QED) is 0.870. The molecule has 1 aliphatic rings. The van der Waals surface area contributed by atoms with Crippen LogP contribution in [0, 0.1) is 11.8 Å². The van der Waals surface area contributed by atoms with Crippen LogP contribution in [0.25, 0.3) is 10.2 Å². The lowest BCUT2D eigenvalue weighted by Gasteiger charge is -2.15. The number of hydrogen-bond acceptors (Lipinski definition) is 4. The first-order valence-corrected chi connectivity index (χ1v) is 7.32. The second kappa shape index (κ2) is 4.49. The van der Waals surface area contributed by atoms with Crippen molar-refractivity contribution in [3.05, 3.63) is 23.2 Å². The molecule has 2 aromatic rings. The summed E-state index contributed by atoms with van der Waals surface area (Å²) in [6, 6.07) is 3.82. The molecule has 0 aliphatic carbocycles. The molecule has 2 atom stereocenters. The normalized spacial score (nSPS) is 23.2. The summed E-state index contributed by atoms with van der Waals surface area (Å²) in [5, 5.41) is 0. The highest BCUT2D eigenvalue weighted by atomic mass is 32.1. The average molecular weight is 275 g/mol. The summed E-state index contributed by atoms with van der Waals surface area (Å²) in [5.41, 5.74) is 7.35. The van der Waals surface area contributed by atoms with E-state index in [2.05, 4.69) is 18.8 Å². The van der Waals surface area contributed by atoms with Gasteiger partial charge < -0.3 is 10.6 Å². The van der Waals surface area contributed by atoms with Crippen molar-refractivity contribution in [2.45, 2.75) is 13.8 Å². The van der Waals surface area contributed by atoms with Gasteiger partial charge in [0.2, 0.25) is 0 Å². The molecule has 1 fully saturated rings. The largest absolute Gasteiger partial charge is 0.396 e. The number of thiophene rings is 1. The number of nitrogen functional groups attached to an aromatic ring is 1. The summed E-state index contributed by atoms with van der Waals surface area (Å²) >= 11 is 1.44. The molecule has 3 rings (SSSR count). The second-order valence-electron chi connectivity index (χ2n) is 5.36. The van der Waals surface area contributed by atoms with Crippen molar-refractivity contribution in [2.75, 3.05) is 18.8 Å². The Kier molecular flexibility index (Phi) is 2.93. The highest BCUT2D eigenvalue weighted by molar-refractivity contribution is 7.21. The Morgan fingerprint density at radius 2 is 2.11 bits per heavy atom. The summed E-state index contributed by atoms with van der Waals surface area (Å²) < 4.78 is 0.976. The minimum Gasteiger partial charge on any atom is -0.396 e. The number of anilines is 1. The van der Waals surface area contributed by atoms with Crippen molar-refractivity contribution in [3.63, 3.8) is 0 Å². The lowest BCUT2D eigenvalue weighted by atomic mass is 10.0. The van der Waals surface area contributed by atoms with E-state index in [4.69, 9.17) is 5.73 Å². The third kappa shape index (κ3) is 1.98. The predicted molar refractivity (Wildman–Crippen MR) is 78.3 cm³/mol. The number of carbonyl (C=O) groups is 1. The number of likely N-dealkylation sites (tertiary alicyclic amines) is 1. The van der Waals surface area contributed by atoms with Crippen LogP contribution in [-0.2, 0) is 0 Å². The van der Waals surface area contributed by atoms with Gasteiger partial charge in [0.05, 0.1) is 10.4 Å². The Balaban J connectivity index is 1.96. The number of nitrogens with two attached hydrogens (primary N) is 1. The van der Waals surface area contributed by atoms with Gasteiger partial charge in [-0.05, 0) is 24.0 Å². The minimum absolute atomic E-state index is 0.0525. The summed E-state index contributed by atoms with van der Waals surface area (Å²) in [4.78, 5) is 19.4. The lowest BCUT2D eigenvalue weighted by molar-refractivity contribution is 0.0791. The zero-order chi connectivity index (χ0) is 13.6. The molecule has 0 radical (unpaired) electrons. The molecule has 2 aromatic heterocycles. The van der Waals surface area contributed by atoms with Gasteiger partial charge >= 0.3 is 0 Å². The summed E-state index contributed by atoms with van der Waals surface area (Å²) in [5.74, 6) is 1.16. The maximum atomic E-state index is 12.6. The minimum atomic E-state index is 0.0525. The zero-order valence-electron chi connectivity index (χ0n) is 11.1. The first-order chi connectivity index (χ1) is 9.08. The van der Waals surface area contributed by atoms with Crippen molar-refractivity contribution in [2.24, 2.45) is 11.8 Å². The monoisotopic (exact) mass is 275 g/mol. The van der Waals surface area contributed by atoms with Crippen molar-refractivity contribution in [1.29, 1.82) is 0 Å². The van der Waals surface area contributed by atoms with E-state index in [1.807, 2.05) is 17.0 Å². The average Bonchev–Trinajstić information content (AvgIpc) is 2.91. The van der Waals surface area contributed by atoms with Crippen LogP contribution in [0.5, 0.6) is 0 Å². The molecule has 1 amide bonds.